The predicted octanol–water partition coefficient (Wildman–Crippen LogP) is 1.70. The van der Waals surface area contributed by atoms with Crippen LogP contribution in [0, 0.1) is 35.5 Å². The van der Waals surface area contributed by atoms with E-state index in [0.717, 1.165) is 0 Å². The number of anilines is 1. The zero-order chi connectivity index (χ0) is 12.7. The van der Waals surface area contributed by atoms with E-state index in [0.29, 0.717) is 28.8 Å². The molecule has 0 aromatic carbocycles. The van der Waals surface area contributed by atoms with Crippen LogP contribution in [0.2, 0.25) is 0 Å². The van der Waals surface area contributed by atoms with Crippen molar-refractivity contribution < 1.29 is 9.59 Å². The Morgan fingerprint density at radius 2 is 1.74 bits per heavy atom. The van der Waals surface area contributed by atoms with Crippen LogP contribution in [0.3, 0.4) is 0 Å². The van der Waals surface area contributed by atoms with E-state index in [1.54, 1.807) is 6.20 Å². The molecule has 3 fully saturated rings. The van der Waals surface area contributed by atoms with Gasteiger partial charge in [0, 0.05) is 11.6 Å². The lowest BCUT2D eigenvalue weighted by Gasteiger charge is -2.37. The minimum absolute atomic E-state index is 0.0188. The van der Waals surface area contributed by atoms with Gasteiger partial charge in [-0.15, -0.1) is 11.3 Å². The summed E-state index contributed by atoms with van der Waals surface area (Å²) in [6.45, 7) is 0. The first-order chi connectivity index (χ1) is 9.27. The van der Waals surface area contributed by atoms with Crippen molar-refractivity contribution in [1.29, 1.82) is 0 Å². The summed E-state index contributed by atoms with van der Waals surface area (Å²) >= 11 is 1.36. The van der Waals surface area contributed by atoms with Crippen molar-refractivity contribution >= 4 is 28.3 Å². The van der Waals surface area contributed by atoms with Crippen molar-refractivity contribution in [2.24, 2.45) is 35.5 Å². The Labute approximate surface area is 114 Å². The number of allylic oxidation sites excluding steroid dienone is 2. The van der Waals surface area contributed by atoms with Crippen molar-refractivity contribution in [2.45, 2.75) is 6.42 Å². The van der Waals surface area contributed by atoms with Gasteiger partial charge in [-0.05, 0) is 30.1 Å². The molecule has 5 heteroatoms. The summed E-state index contributed by atoms with van der Waals surface area (Å²) in [5.41, 5.74) is 0. The van der Waals surface area contributed by atoms with Crippen LogP contribution in [0.4, 0.5) is 5.13 Å². The van der Waals surface area contributed by atoms with Crippen LogP contribution in [0.1, 0.15) is 6.42 Å². The Bertz CT molecular complexity index is 587. The van der Waals surface area contributed by atoms with Crippen LogP contribution in [0.15, 0.2) is 23.7 Å². The maximum Gasteiger partial charge on any atom is 0.240 e. The van der Waals surface area contributed by atoms with Crippen LogP contribution >= 0.6 is 11.3 Å². The standard InChI is InChI=1S/C14H12N2O2S/c17-12-10-6-1-2-7(9-5-8(6)9)11(10)13(18)16(12)14-15-3-4-19-14/h1-4,6-11H,5H2/t6-,7+,8-,9+,10-,11+. The second-order valence-electron chi connectivity index (χ2n) is 5.98. The quantitative estimate of drug-likeness (QED) is 0.577. The van der Waals surface area contributed by atoms with E-state index in [4.69, 9.17) is 0 Å². The normalized spacial score (nSPS) is 45.6. The fraction of sp³-hybridized carbons (Fsp3) is 0.500. The van der Waals surface area contributed by atoms with Crippen LogP contribution < -0.4 is 4.90 Å². The average Bonchev–Trinajstić information content (AvgIpc) is 3.01. The van der Waals surface area contributed by atoms with Gasteiger partial charge in [0.05, 0.1) is 11.8 Å². The molecule has 2 bridgehead atoms. The molecule has 6 atom stereocenters. The van der Waals surface area contributed by atoms with E-state index in [-0.39, 0.29) is 23.7 Å². The summed E-state index contributed by atoms with van der Waals surface area (Å²) in [5, 5.41) is 2.35. The summed E-state index contributed by atoms with van der Waals surface area (Å²) in [4.78, 5) is 30.8. The zero-order valence-corrected chi connectivity index (χ0v) is 10.9. The first-order valence-corrected chi connectivity index (χ1v) is 7.61. The highest BCUT2D eigenvalue weighted by Crippen LogP contribution is 2.65. The molecular formula is C14H12N2O2S. The molecule has 19 heavy (non-hydrogen) atoms. The second-order valence-corrected chi connectivity index (χ2v) is 6.85. The predicted molar refractivity (Wildman–Crippen MR) is 69.3 cm³/mol. The van der Waals surface area contributed by atoms with Gasteiger partial charge in [0.25, 0.3) is 0 Å². The third-order valence-corrected chi connectivity index (χ3v) is 6.03. The third-order valence-electron chi connectivity index (χ3n) is 5.27. The number of rotatable bonds is 1. The molecule has 1 aromatic heterocycles. The topological polar surface area (TPSA) is 50.3 Å². The van der Waals surface area contributed by atoms with Gasteiger partial charge in [-0.25, -0.2) is 9.88 Å². The number of thiazole rings is 1. The van der Waals surface area contributed by atoms with Crippen LogP contribution in [0.25, 0.3) is 0 Å². The average molecular weight is 272 g/mol. The Balaban J connectivity index is 1.62. The Hall–Kier alpha value is -1.49. The van der Waals surface area contributed by atoms with Gasteiger partial charge in [-0.3, -0.25) is 9.59 Å². The molecule has 6 rings (SSSR count). The molecule has 0 radical (unpaired) electrons. The van der Waals surface area contributed by atoms with Crippen molar-refractivity contribution in [3.8, 4) is 0 Å². The van der Waals surface area contributed by atoms with Gasteiger partial charge in [0.1, 0.15) is 0 Å². The van der Waals surface area contributed by atoms with E-state index in [2.05, 4.69) is 17.1 Å². The molecule has 1 aliphatic heterocycles. The van der Waals surface area contributed by atoms with Gasteiger partial charge in [-0.1, -0.05) is 12.2 Å². The number of aromatic nitrogens is 1. The number of amides is 2. The van der Waals surface area contributed by atoms with Crippen LogP contribution in [0.5, 0.6) is 0 Å². The maximum absolute atomic E-state index is 12.6. The molecule has 0 spiro atoms. The smallest absolute Gasteiger partial charge is 0.240 e. The molecule has 4 aliphatic carbocycles. The number of carbonyl (C=O) groups excluding carboxylic acids is 2. The van der Waals surface area contributed by atoms with E-state index in [1.165, 1.54) is 22.7 Å². The number of hydrogen-bond acceptors (Lipinski definition) is 4. The first kappa shape index (κ1) is 10.3. The molecule has 2 heterocycles. The molecule has 1 aromatic rings. The number of carbonyl (C=O) groups is 2. The van der Waals surface area contributed by atoms with Crippen molar-refractivity contribution in [3.63, 3.8) is 0 Å². The summed E-state index contributed by atoms with van der Waals surface area (Å²) in [6.07, 6.45) is 7.23. The molecule has 1 saturated heterocycles. The number of hydrogen-bond donors (Lipinski definition) is 0. The summed E-state index contributed by atoms with van der Waals surface area (Å²) in [5.74, 6) is 1.63. The van der Waals surface area contributed by atoms with Crippen LogP contribution in [-0.2, 0) is 9.59 Å². The van der Waals surface area contributed by atoms with E-state index < -0.39 is 0 Å². The highest BCUT2D eigenvalue weighted by molar-refractivity contribution is 7.14. The first-order valence-electron chi connectivity index (χ1n) is 6.73. The van der Waals surface area contributed by atoms with Crippen molar-refractivity contribution in [3.05, 3.63) is 23.7 Å². The second kappa shape index (κ2) is 3.15. The monoisotopic (exact) mass is 272 g/mol. The maximum atomic E-state index is 12.6. The molecule has 96 valence electrons. The number of nitrogens with zero attached hydrogens (tertiary/aromatic N) is 2. The molecule has 4 nitrogen and oxygen atoms in total. The fourth-order valence-electron chi connectivity index (χ4n) is 4.47. The van der Waals surface area contributed by atoms with Gasteiger partial charge < -0.3 is 0 Å². The largest absolute Gasteiger partial charge is 0.274 e. The molecule has 2 saturated carbocycles. The summed E-state index contributed by atoms with van der Waals surface area (Å²) in [7, 11) is 0. The van der Waals surface area contributed by atoms with Gasteiger partial charge in [-0.2, -0.15) is 0 Å². The van der Waals surface area contributed by atoms with Crippen molar-refractivity contribution in [1.82, 2.24) is 4.98 Å². The van der Waals surface area contributed by atoms with Gasteiger partial charge >= 0.3 is 0 Å². The minimum atomic E-state index is -0.116. The highest BCUT2D eigenvalue weighted by atomic mass is 32.1. The highest BCUT2D eigenvalue weighted by Gasteiger charge is 2.67. The molecular weight excluding hydrogens is 260 g/mol. The molecule has 0 unspecified atom stereocenters. The van der Waals surface area contributed by atoms with Gasteiger partial charge in [0.2, 0.25) is 11.8 Å². The molecule has 2 amide bonds. The minimum Gasteiger partial charge on any atom is -0.274 e. The Morgan fingerprint density at radius 3 is 2.26 bits per heavy atom. The molecule has 5 aliphatic rings. The van der Waals surface area contributed by atoms with E-state index in [1.807, 2.05) is 5.38 Å². The summed E-state index contributed by atoms with van der Waals surface area (Å²) < 4.78 is 0. The zero-order valence-electron chi connectivity index (χ0n) is 10.1. The lowest BCUT2D eigenvalue weighted by atomic mass is 9.63. The lowest BCUT2D eigenvalue weighted by Crippen LogP contribution is -2.40. The SMILES string of the molecule is O=C1[C@@H]2[C@@H]3C=C[C@@H]([C@@H]4C[C@H]34)[C@@H]2C(=O)N1c1nccs1. The van der Waals surface area contributed by atoms with Crippen LogP contribution in [-0.4, -0.2) is 16.8 Å². The number of imide groups is 1. The van der Waals surface area contributed by atoms with Gasteiger partial charge in [0.15, 0.2) is 5.13 Å². The van der Waals surface area contributed by atoms with E-state index in [9.17, 15) is 9.59 Å². The fourth-order valence-corrected chi connectivity index (χ4v) is 5.12. The Morgan fingerprint density at radius 1 is 1.11 bits per heavy atom. The van der Waals surface area contributed by atoms with E-state index >= 15 is 0 Å². The Kier molecular flexibility index (Phi) is 1.71. The lowest BCUT2D eigenvalue weighted by molar-refractivity contribution is -0.124. The summed E-state index contributed by atoms with van der Waals surface area (Å²) in [6, 6.07) is 0. The third kappa shape index (κ3) is 1.09. The molecule has 0 N–H and O–H groups in total. The van der Waals surface area contributed by atoms with Crippen molar-refractivity contribution in [2.75, 3.05) is 4.90 Å².